The Balaban J connectivity index is 1.25. The van der Waals surface area contributed by atoms with Gasteiger partial charge in [0.1, 0.15) is 5.69 Å². The number of sulfonamides is 1. The van der Waals surface area contributed by atoms with Crippen LogP contribution in [0.2, 0.25) is 0 Å². The second kappa shape index (κ2) is 11.7. The van der Waals surface area contributed by atoms with Gasteiger partial charge in [-0.2, -0.15) is 4.31 Å². The van der Waals surface area contributed by atoms with Crippen molar-refractivity contribution in [3.8, 4) is 0 Å². The lowest BCUT2D eigenvalue weighted by Gasteiger charge is -2.42. The molecular weight excluding hydrogens is 500 g/mol. The lowest BCUT2D eigenvalue weighted by Crippen LogP contribution is -2.55. The molecule has 3 aliphatic rings. The Morgan fingerprint density at radius 1 is 0.921 bits per heavy atom. The van der Waals surface area contributed by atoms with Gasteiger partial charge in [-0.15, -0.1) is 0 Å². The van der Waals surface area contributed by atoms with Crippen molar-refractivity contribution >= 4 is 28.1 Å². The van der Waals surface area contributed by atoms with Gasteiger partial charge in [0, 0.05) is 45.3 Å². The predicted molar refractivity (Wildman–Crippen MR) is 148 cm³/mol. The standard InChI is InChI=1S/C29H40N4O4S/c1-22-10-12-24(13-11-22)14-15-27-28(23(2)30-37-27)38(35,36)33-16-6-7-25(21-33)29(34)32-19-17-31(18-20-32)26-8-4-3-5-9-26/h10-15,25-26H,3-9,16-21H2,1-2H3. The summed E-state index contributed by atoms with van der Waals surface area (Å²) in [7, 11) is -3.86. The van der Waals surface area contributed by atoms with E-state index in [1.165, 1.54) is 36.4 Å². The van der Waals surface area contributed by atoms with E-state index in [2.05, 4.69) is 10.1 Å². The van der Waals surface area contributed by atoms with Crippen LogP contribution in [0.4, 0.5) is 0 Å². The van der Waals surface area contributed by atoms with Gasteiger partial charge in [-0.1, -0.05) is 60.3 Å². The molecule has 1 amide bonds. The Morgan fingerprint density at radius 3 is 2.34 bits per heavy atom. The Bertz CT molecular complexity index is 1240. The van der Waals surface area contributed by atoms with Crippen LogP contribution in [0, 0.1) is 19.8 Å². The van der Waals surface area contributed by atoms with Gasteiger partial charge in [-0.25, -0.2) is 8.42 Å². The van der Waals surface area contributed by atoms with Crippen LogP contribution in [-0.2, 0) is 14.8 Å². The number of aryl methyl sites for hydroxylation is 2. The number of aromatic nitrogens is 1. The smallest absolute Gasteiger partial charge is 0.248 e. The zero-order chi connectivity index (χ0) is 26.7. The summed E-state index contributed by atoms with van der Waals surface area (Å²) in [6, 6.07) is 8.61. The molecule has 5 rings (SSSR count). The van der Waals surface area contributed by atoms with Crippen molar-refractivity contribution in [3.63, 3.8) is 0 Å². The molecule has 2 saturated heterocycles. The minimum absolute atomic E-state index is 0.0923. The second-order valence-electron chi connectivity index (χ2n) is 11.1. The molecule has 1 atom stereocenters. The third-order valence-corrected chi connectivity index (χ3v) is 10.4. The predicted octanol–water partition coefficient (Wildman–Crippen LogP) is 4.34. The summed E-state index contributed by atoms with van der Waals surface area (Å²) in [5.41, 5.74) is 2.43. The average Bonchev–Trinajstić information content (AvgIpc) is 3.34. The van der Waals surface area contributed by atoms with Crippen LogP contribution >= 0.6 is 0 Å². The van der Waals surface area contributed by atoms with E-state index >= 15 is 0 Å². The normalized spacial score (nSPS) is 22.8. The van der Waals surface area contributed by atoms with E-state index in [0.717, 1.165) is 43.7 Å². The van der Waals surface area contributed by atoms with Crippen molar-refractivity contribution in [2.24, 2.45) is 5.92 Å². The first kappa shape index (κ1) is 27.1. The number of piperazine rings is 1. The summed E-state index contributed by atoms with van der Waals surface area (Å²) < 4.78 is 34.4. The fraction of sp³-hybridized carbons (Fsp3) is 0.586. The number of piperidine rings is 1. The molecule has 2 aliphatic heterocycles. The van der Waals surface area contributed by atoms with Crippen molar-refractivity contribution in [3.05, 3.63) is 46.8 Å². The number of nitrogens with zero attached hydrogens (tertiary/aromatic N) is 4. The topological polar surface area (TPSA) is 87.0 Å². The highest BCUT2D eigenvalue weighted by Gasteiger charge is 2.38. The first-order valence-corrected chi connectivity index (χ1v) is 15.5. The van der Waals surface area contributed by atoms with E-state index in [-0.39, 0.29) is 29.0 Å². The monoisotopic (exact) mass is 540 g/mol. The van der Waals surface area contributed by atoms with E-state index < -0.39 is 10.0 Å². The minimum Gasteiger partial charge on any atom is -0.355 e. The summed E-state index contributed by atoms with van der Waals surface area (Å²) in [4.78, 5) is 18.1. The summed E-state index contributed by atoms with van der Waals surface area (Å²) in [6.45, 7) is 7.57. The van der Waals surface area contributed by atoms with Crippen molar-refractivity contribution in [1.29, 1.82) is 0 Å². The zero-order valence-electron chi connectivity index (χ0n) is 22.6. The van der Waals surface area contributed by atoms with Gasteiger partial charge in [0.25, 0.3) is 0 Å². The molecule has 1 saturated carbocycles. The molecule has 1 unspecified atom stereocenters. The maximum absolute atomic E-state index is 13.8. The van der Waals surface area contributed by atoms with Gasteiger partial charge in [0.05, 0.1) is 5.92 Å². The number of rotatable bonds is 6. The van der Waals surface area contributed by atoms with E-state index in [0.29, 0.717) is 24.7 Å². The van der Waals surface area contributed by atoms with Crippen molar-refractivity contribution in [2.75, 3.05) is 39.3 Å². The molecule has 0 radical (unpaired) electrons. The molecule has 3 fully saturated rings. The van der Waals surface area contributed by atoms with Crippen molar-refractivity contribution in [2.45, 2.75) is 69.7 Å². The van der Waals surface area contributed by atoms with Crippen LogP contribution in [0.1, 0.15) is 67.5 Å². The molecule has 9 heteroatoms. The minimum atomic E-state index is -3.86. The third kappa shape index (κ3) is 5.90. The molecule has 0 bridgehead atoms. The Kier molecular flexibility index (Phi) is 8.35. The molecule has 0 spiro atoms. The first-order chi connectivity index (χ1) is 18.3. The molecule has 3 heterocycles. The molecule has 0 N–H and O–H groups in total. The Labute approximate surface area is 226 Å². The molecule has 8 nitrogen and oxygen atoms in total. The van der Waals surface area contributed by atoms with E-state index in [9.17, 15) is 13.2 Å². The van der Waals surface area contributed by atoms with Crippen LogP contribution in [0.25, 0.3) is 12.2 Å². The van der Waals surface area contributed by atoms with E-state index in [1.807, 2.05) is 42.2 Å². The fourth-order valence-corrected chi connectivity index (χ4v) is 7.93. The maximum Gasteiger partial charge on any atom is 0.248 e. The average molecular weight is 541 g/mol. The molecular formula is C29H40N4O4S. The molecule has 1 aromatic heterocycles. The summed E-state index contributed by atoms with van der Waals surface area (Å²) in [6.07, 6.45) is 11.4. The number of carbonyl (C=O) groups is 1. The number of amides is 1. The highest BCUT2D eigenvalue weighted by Crippen LogP contribution is 2.30. The molecule has 2 aromatic rings. The van der Waals surface area contributed by atoms with Crippen molar-refractivity contribution in [1.82, 2.24) is 19.3 Å². The SMILES string of the molecule is Cc1ccc(C=Cc2onc(C)c2S(=O)(=O)N2CCCC(C(=O)N3CCN(C4CCCCC4)CC3)C2)cc1. The molecule has 1 aromatic carbocycles. The zero-order valence-corrected chi connectivity index (χ0v) is 23.5. The van der Waals surface area contributed by atoms with E-state index in [1.54, 1.807) is 13.0 Å². The van der Waals surface area contributed by atoms with Gasteiger partial charge in [-0.05, 0) is 51.2 Å². The highest BCUT2D eigenvalue weighted by molar-refractivity contribution is 7.89. The van der Waals surface area contributed by atoms with Crippen LogP contribution in [0.3, 0.4) is 0 Å². The molecule has 38 heavy (non-hydrogen) atoms. The number of carbonyl (C=O) groups excluding carboxylic acids is 1. The number of hydrogen-bond donors (Lipinski definition) is 0. The lowest BCUT2D eigenvalue weighted by atomic mass is 9.93. The number of benzene rings is 1. The van der Waals surface area contributed by atoms with Crippen LogP contribution < -0.4 is 0 Å². The second-order valence-corrected chi connectivity index (χ2v) is 12.9. The molecule has 206 valence electrons. The Hall–Kier alpha value is -2.49. The maximum atomic E-state index is 13.8. The quantitative estimate of drug-likeness (QED) is 0.542. The van der Waals surface area contributed by atoms with Crippen LogP contribution in [0.15, 0.2) is 33.7 Å². The van der Waals surface area contributed by atoms with Gasteiger partial charge in [0.15, 0.2) is 10.7 Å². The van der Waals surface area contributed by atoms with Gasteiger partial charge in [0.2, 0.25) is 15.9 Å². The van der Waals surface area contributed by atoms with Gasteiger partial charge >= 0.3 is 0 Å². The Morgan fingerprint density at radius 2 is 1.63 bits per heavy atom. The van der Waals surface area contributed by atoms with Gasteiger partial charge in [-0.3, -0.25) is 9.69 Å². The van der Waals surface area contributed by atoms with Crippen LogP contribution in [-0.4, -0.2) is 78.9 Å². The first-order valence-electron chi connectivity index (χ1n) is 14.1. The largest absolute Gasteiger partial charge is 0.355 e. The van der Waals surface area contributed by atoms with Gasteiger partial charge < -0.3 is 9.42 Å². The summed E-state index contributed by atoms with van der Waals surface area (Å²) >= 11 is 0. The highest BCUT2D eigenvalue weighted by atomic mass is 32.2. The van der Waals surface area contributed by atoms with Crippen LogP contribution in [0.5, 0.6) is 0 Å². The third-order valence-electron chi connectivity index (χ3n) is 8.39. The fourth-order valence-electron chi connectivity index (χ4n) is 6.15. The van der Waals surface area contributed by atoms with Crippen molar-refractivity contribution < 1.29 is 17.7 Å². The lowest BCUT2D eigenvalue weighted by molar-refractivity contribution is -0.138. The summed E-state index contributed by atoms with van der Waals surface area (Å²) in [5.74, 6) is -0.00319. The van der Waals surface area contributed by atoms with E-state index in [4.69, 9.17) is 4.52 Å². The molecule has 1 aliphatic carbocycles. The number of hydrogen-bond acceptors (Lipinski definition) is 6. The summed E-state index contributed by atoms with van der Waals surface area (Å²) in [5, 5.41) is 3.97.